The molecule has 2 aromatic carbocycles. The van der Waals surface area contributed by atoms with Crippen LogP contribution in [0.5, 0.6) is 23.0 Å². The van der Waals surface area contributed by atoms with Gasteiger partial charge in [0.2, 0.25) is 0 Å². The van der Waals surface area contributed by atoms with Crippen LogP contribution in [0.4, 0.5) is 0 Å². The van der Waals surface area contributed by atoms with Crippen molar-refractivity contribution in [1.82, 2.24) is 0 Å². The van der Waals surface area contributed by atoms with Crippen LogP contribution in [-0.4, -0.2) is 29.7 Å². The Morgan fingerprint density at radius 1 is 0.743 bits per heavy atom. The first-order valence-electron chi connectivity index (χ1n) is 10.9. The van der Waals surface area contributed by atoms with Crippen molar-refractivity contribution in [2.24, 2.45) is 0 Å². The first-order valence-corrected chi connectivity index (χ1v) is 10.9. The Balaban J connectivity index is 2.16. The van der Waals surface area contributed by atoms with Gasteiger partial charge in [0.1, 0.15) is 11.5 Å². The van der Waals surface area contributed by atoms with E-state index in [1.165, 1.54) is 39.8 Å². The SMILES string of the molecule is CC(=O)Oc1cc(OC(C)=O)c2c(c1)C(C)(C)C(c1ccc(OC(C)=O)c(OC(C)=O)c1)CC2=O. The lowest BCUT2D eigenvalue weighted by molar-refractivity contribution is -0.134. The van der Waals surface area contributed by atoms with Crippen LogP contribution < -0.4 is 18.9 Å². The number of hydrogen-bond donors (Lipinski definition) is 0. The summed E-state index contributed by atoms with van der Waals surface area (Å²) in [5, 5.41) is 0. The minimum atomic E-state index is -0.718. The topological polar surface area (TPSA) is 122 Å². The number of esters is 4. The van der Waals surface area contributed by atoms with Crippen molar-refractivity contribution in [3.05, 3.63) is 47.0 Å². The van der Waals surface area contributed by atoms with Crippen LogP contribution in [0.1, 0.15) is 75.4 Å². The lowest BCUT2D eigenvalue weighted by Crippen LogP contribution is -2.36. The predicted molar refractivity (Wildman–Crippen MR) is 123 cm³/mol. The second-order valence-electron chi connectivity index (χ2n) is 8.83. The molecule has 0 radical (unpaired) electrons. The van der Waals surface area contributed by atoms with Gasteiger partial charge in [0.05, 0.1) is 5.56 Å². The van der Waals surface area contributed by atoms with Gasteiger partial charge in [-0.05, 0) is 34.7 Å². The number of fused-ring (bicyclic) bond motifs is 1. The van der Waals surface area contributed by atoms with Gasteiger partial charge in [-0.15, -0.1) is 0 Å². The molecule has 9 heteroatoms. The number of ketones is 1. The maximum atomic E-state index is 13.3. The van der Waals surface area contributed by atoms with E-state index < -0.39 is 35.2 Å². The lowest BCUT2D eigenvalue weighted by atomic mass is 9.62. The van der Waals surface area contributed by atoms with Crippen molar-refractivity contribution in [3.63, 3.8) is 0 Å². The first kappa shape index (κ1) is 25.6. The number of Topliss-reactive ketones (excluding diaryl/α,β-unsaturated/α-hetero) is 1. The van der Waals surface area contributed by atoms with Crippen LogP contribution in [0, 0.1) is 0 Å². The Hall–Kier alpha value is -4.01. The largest absolute Gasteiger partial charge is 0.427 e. The zero-order chi connectivity index (χ0) is 26.1. The average Bonchev–Trinajstić information content (AvgIpc) is 2.70. The van der Waals surface area contributed by atoms with Crippen LogP contribution >= 0.6 is 0 Å². The van der Waals surface area contributed by atoms with E-state index in [4.69, 9.17) is 18.9 Å². The van der Waals surface area contributed by atoms with Gasteiger partial charge in [0.15, 0.2) is 17.3 Å². The molecule has 0 N–H and O–H groups in total. The number of ether oxygens (including phenoxy) is 4. The molecule has 1 aliphatic carbocycles. The van der Waals surface area contributed by atoms with Crippen LogP contribution in [0.25, 0.3) is 0 Å². The van der Waals surface area contributed by atoms with Gasteiger partial charge in [0, 0.05) is 46.1 Å². The summed E-state index contributed by atoms with van der Waals surface area (Å²) in [6.45, 7) is 8.72. The number of carbonyl (C=O) groups is 5. The fourth-order valence-corrected chi connectivity index (χ4v) is 4.33. The van der Waals surface area contributed by atoms with Gasteiger partial charge in [-0.2, -0.15) is 0 Å². The minimum Gasteiger partial charge on any atom is -0.427 e. The van der Waals surface area contributed by atoms with E-state index in [0.29, 0.717) is 11.1 Å². The number of hydrogen-bond acceptors (Lipinski definition) is 9. The second kappa shape index (κ2) is 9.69. The molecule has 0 spiro atoms. The molecule has 9 nitrogen and oxygen atoms in total. The van der Waals surface area contributed by atoms with E-state index in [2.05, 4.69) is 0 Å². The molecule has 0 saturated heterocycles. The Morgan fingerprint density at radius 2 is 1.29 bits per heavy atom. The molecule has 0 bridgehead atoms. The van der Waals surface area contributed by atoms with Crippen molar-refractivity contribution < 1.29 is 42.9 Å². The van der Waals surface area contributed by atoms with Crippen LogP contribution in [0.3, 0.4) is 0 Å². The highest BCUT2D eigenvalue weighted by Crippen LogP contribution is 2.51. The van der Waals surface area contributed by atoms with E-state index in [9.17, 15) is 24.0 Å². The molecule has 1 atom stereocenters. The molecule has 0 saturated carbocycles. The fourth-order valence-electron chi connectivity index (χ4n) is 4.33. The summed E-state index contributed by atoms with van der Waals surface area (Å²) in [5.74, 6) is -2.75. The lowest BCUT2D eigenvalue weighted by Gasteiger charge is -2.40. The monoisotopic (exact) mass is 482 g/mol. The highest BCUT2D eigenvalue weighted by Gasteiger charge is 2.43. The standard InChI is InChI=1S/C26H26O9/c1-13(27)32-18-10-20-25(24(11-18)35-16(4)30)21(31)12-19(26(20,5)6)17-7-8-22(33-14(2)28)23(9-17)34-15(3)29/h7-11,19H,12H2,1-6H3. The molecule has 35 heavy (non-hydrogen) atoms. The third-order valence-corrected chi connectivity index (χ3v) is 5.70. The highest BCUT2D eigenvalue weighted by atomic mass is 16.6. The van der Waals surface area contributed by atoms with Gasteiger partial charge >= 0.3 is 23.9 Å². The molecule has 2 aromatic rings. The summed E-state index contributed by atoms with van der Waals surface area (Å²) in [6, 6.07) is 7.70. The molecular weight excluding hydrogens is 456 g/mol. The second-order valence-corrected chi connectivity index (χ2v) is 8.83. The molecule has 0 amide bonds. The average molecular weight is 482 g/mol. The summed E-state index contributed by atoms with van der Waals surface area (Å²) in [5.41, 5.74) is 0.721. The van der Waals surface area contributed by atoms with Crippen molar-refractivity contribution in [1.29, 1.82) is 0 Å². The molecule has 0 aromatic heterocycles. The Morgan fingerprint density at radius 3 is 1.86 bits per heavy atom. The number of carbonyl (C=O) groups excluding carboxylic acids is 5. The third-order valence-electron chi connectivity index (χ3n) is 5.70. The molecule has 3 rings (SSSR count). The molecule has 1 unspecified atom stereocenters. The first-order chi connectivity index (χ1) is 16.3. The zero-order valence-electron chi connectivity index (χ0n) is 20.3. The van der Waals surface area contributed by atoms with E-state index in [1.54, 1.807) is 18.2 Å². The van der Waals surface area contributed by atoms with Crippen LogP contribution in [-0.2, 0) is 24.6 Å². The van der Waals surface area contributed by atoms with Crippen molar-refractivity contribution in [2.75, 3.05) is 0 Å². The summed E-state index contributed by atoms with van der Waals surface area (Å²) in [4.78, 5) is 59.7. The van der Waals surface area contributed by atoms with Gasteiger partial charge in [0.25, 0.3) is 0 Å². The van der Waals surface area contributed by atoms with Crippen molar-refractivity contribution in [3.8, 4) is 23.0 Å². The van der Waals surface area contributed by atoms with Crippen molar-refractivity contribution in [2.45, 2.75) is 59.3 Å². The molecule has 0 aliphatic heterocycles. The maximum Gasteiger partial charge on any atom is 0.308 e. The molecule has 184 valence electrons. The maximum absolute atomic E-state index is 13.3. The fraction of sp³-hybridized carbons (Fsp3) is 0.346. The summed E-state index contributed by atoms with van der Waals surface area (Å²) < 4.78 is 20.9. The van der Waals surface area contributed by atoms with Gasteiger partial charge in [-0.3, -0.25) is 24.0 Å². The van der Waals surface area contributed by atoms with E-state index in [-0.39, 0.29) is 40.8 Å². The third kappa shape index (κ3) is 5.56. The molecular formula is C26H26O9. The normalized spacial score (nSPS) is 16.1. The predicted octanol–water partition coefficient (Wildman–Crippen LogP) is 4.04. The quantitative estimate of drug-likeness (QED) is 0.459. The Labute approximate surface area is 202 Å². The minimum absolute atomic E-state index is 0.0218. The van der Waals surface area contributed by atoms with Gasteiger partial charge in [-0.25, -0.2) is 0 Å². The number of benzene rings is 2. The Bertz CT molecular complexity index is 1240. The van der Waals surface area contributed by atoms with Gasteiger partial charge in [-0.1, -0.05) is 19.9 Å². The molecule has 0 heterocycles. The summed E-state index contributed by atoms with van der Waals surface area (Å²) >= 11 is 0. The molecule has 1 aliphatic rings. The Kier molecular flexibility index (Phi) is 7.09. The summed E-state index contributed by atoms with van der Waals surface area (Å²) in [6.07, 6.45) is 0.0631. The van der Waals surface area contributed by atoms with Crippen LogP contribution in [0.2, 0.25) is 0 Å². The summed E-state index contributed by atoms with van der Waals surface area (Å²) in [7, 11) is 0. The van der Waals surface area contributed by atoms with E-state index >= 15 is 0 Å². The van der Waals surface area contributed by atoms with Gasteiger partial charge < -0.3 is 18.9 Å². The van der Waals surface area contributed by atoms with Crippen molar-refractivity contribution >= 4 is 29.7 Å². The van der Waals surface area contributed by atoms with E-state index in [1.807, 2.05) is 13.8 Å². The smallest absolute Gasteiger partial charge is 0.308 e. The zero-order valence-corrected chi connectivity index (χ0v) is 20.3. The molecule has 0 fully saturated rings. The number of rotatable bonds is 5. The highest BCUT2D eigenvalue weighted by molar-refractivity contribution is 6.03. The van der Waals surface area contributed by atoms with Crippen LogP contribution in [0.15, 0.2) is 30.3 Å². The van der Waals surface area contributed by atoms with E-state index in [0.717, 1.165) is 0 Å².